The van der Waals surface area contributed by atoms with Crippen LogP contribution in [0.2, 0.25) is 0 Å². The number of aromatic hydroxyl groups is 2. The third kappa shape index (κ3) is 2.33. The Morgan fingerprint density at radius 2 is 1.87 bits per heavy atom. The molecule has 2 atom stereocenters. The number of rotatable bonds is 3. The molecule has 3 aromatic rings. The highest BCUT2D eigenvalue weighted by Crippen LogP contribution is 2.37. The fraction of sp³-hybridized carbons (Fsp3) is 0.278. The summed E-state index contributed by atoms with van der Waals surface area (Å²) in [5.41, 5.74) is 0.547. The Morgan fingerprint density at radius 3 is 2.57 bits per heavy atom. The highest BCUT2D eigenvalue weighted by atomic mass is 16.4. The summed E-state index contributed by atoms with van der Waals surface area (Å²) in [5.74, 6) is -0.397. The molecule has 23 heavy (non-hydrogen) atoms. The molecule has 0 aliphatic rings. The molecule has 0 saturated heterocycles. The van der Waals surface area contributed by atoms with Crippen molar-refractivity contribution in [2.45, 2.75) is 19.8 Å². The summed E-state index contributed by atoms with van der Waals surface area (Å²) < 4.78 is 5.67. The van der Waals surface area contributed by atoms with E-state index in [0.717, 1.165) is 0 Å². The predicted molar refractivity (Wildman–Crippen MR) is 88.0 cm³/mol. The van der Waals surface area contributed by atoms with Gasteiger partial charge in [-0.2, -0.15) is 0 Å². The minimum absolute atomic E-state index is 0.00577. The molecular formula is C18H18O5. The molecule has 5 nitrogen and oxygen atoms in total. The van der Waals surface area contributed by atoms with Gasteiger partial charge in [-0.3, -0.25) is 4.79 Å². The van der Waals surface area contributed by atoms with Crippen LogP contribution in [0.15, 0.2) is 39.5 Å². The zero-order valence-corrected chi connectivity index (χ0v) is 12.9. The minimum Gasteiger partial charge on any atom is -0.507 e. The maximum atomic E-state index is 12.6. The van der Waals surface area contributed by atoms with E-state index in [4.69, 9.17) is 4.42 Å². The molecule has 0 fully saturated rings. The van der Waals surface area contributed by atoms with Gasteiger partial charge in [-0.15, -0.1) is 0 Å². The molecule has 0 radical (unpaired) electrons. The normalized spacial score (nSPS) is 14.2. The molecule has 2 aromatic carbocycles. The van der Waals surface area contributed by atoms with Crippen LogP contribution in [0.1, 0.15) is 25.3 Å². The molecule has 0 aliphatic carbocycles. The van der Waals surface area contributed by atoms with E-state index in [0.29, 0.717) is 5.56 Å². The summed E-state index contributed by atoms with van der Waals surface area (Å²) in [5, 5.41) is 30.0. The predicted octanol–water partition coefficient (Wildman–Crippen LogP) is 3.09. The topological polar surface area (TPSA) is 90.9 Å². The lowest BCUT2D eigenvalue weighted by molar-refractivity contribution is 0.219. The number of hydrogen-bond acceptors (Lipinski definition) is 5. The molecule has 1 aromatic heterocycles. The lowest BCUT2D eigenvalue weighted by Crippen LogP contribution is -2.11. The van der Waals surface area contributed by atoms with Crippen LogP contribution < -0.4 is 5.43 Å². The molecule has 0 aliphatic heterocycles. The maximum absolute atomic E-state index is 12.6. The molecule has 0 amide bonds. The van der Waals surface area contributed by atoms with Crippen LogP contribution in [0.5, 0.6) is 11.5 Å². The molecule has 0 spiro atoms. The SMILES string of the molecule is C[C@H](CO)[C@H](C)c1ccc2c(=O)c3c(O)cccc3oc2c1O. The molecule has 0 bridgehead atoms. The van der Waals surface area contributed by atoms with Gasteiger partial charge in [0.2, 0.25) is 5.43 Å². The van der Waals surface area contributed by atoms with E-state index >= 15 is 0 Å². The van der Waals surface area contributed by atoms with Gasteiger partial charge in [0, 0.05) is 12.2 Å². The van der Waals surface area contributed by atoms with Crippen molar-refractivity contribution in [3.8, 4) is 11.5 Å². The molecule has 120 valence electrons. The monoisotopic (exact) mass is 314 g/mol. The number of aliphatic hydroxyl groups excluding tert-OH is 1. The highest BCUT2D eigenvalue weighted by molar-refractivity contribution is 5.95. The Morgan fingerprint density at radius 1 is 1.13 bits per heavy atom. The van der Waals surface area contributed by atoms with Crippen LogP contribution in [-0.4, -0.2) is 21.9 Å². The molecule has 0 unspecified atom stereocenters. The molecular weight excluding hydrogens is 296 g/mol. The van der Waals surface area contributed by atoms with Gasteiger partial charge in [0.1, 0.15) is 16.7 Å². The highest BCUT2D eigenvalue weighted by Gasteiger charge is 2.21. The first-order chi connectivity index (χ1) is 11.0. The summed E-state index contributed by atoms with van der Waals surface area (Å²) in [6.07, 6.45) is 0. The third-order valence-corrected chi connectivity index (χ3v) is 4.48. The average Bonchev–Trinajstić information content (AvgIpc) is 2.54. The van der Waals surface area contributed by atoms with Crippen molar-refractivity contribution in [2.75, 3.05) is 6.61 Å². The van der Waals surface area contributed by atoms with Crippen molar-refractivity contribution >= 4 is 21.9 Å². The Hall–Kier alpha value is -2.53. The molecule has 5 heteroatoms. The summed E-state index contributed by atoms with van der Waals surface area (Å²) in [4.78, 5) is 12.6. The van der Waals surface area contributed by atoms with E-state index in [2.05, 4.69) is 0 Å². The molecule has 0 saturated carbocycles. The molecule has 3 N–H and O–H groups in total. The summed E-state index contributed by atoms with van der Waals surface area (Å²) >= 11 is 0. The molecule has 1 heterocycles. The van der Waals surface area contributed by atoms with E-state index < -0.39 is 0 Å². The number of fused-ring (bicyclic) bond motifs is 2. The van der Waals surface area contributed by atoms with Crippen molar-refractivity contribution in [1.82, 2.24) is 0 Å². The van der Waals surface area contributed by atoms with E-state index in [1.165, 1.54) is 6.07 Å². The number of aliphatic hydroxyl groups is 1. The second-order valence-electron chi connectivity index (χ2n) is 5.91. The van der Waals surface area contributed by atoms with Gasteiger partial charge in [-0.25, -0.2) is 0 Å². The van der Waals surface area contributed by atoms with E-state index in [1.807, 2.05) is 13.8 Å². The lowest BCUT2D eigenvalue weighted by Gasteiger charge is -2.19. The van der Waals surface area contributed by atoms with Gasteiger partial charge in [-0.1, -0.05) is 26.0 Å². The van der Waals surface area contributed by atoms with Crippen molar-refractivity contribution in [2.24, 2.45) is 5.92 Å². The van der Waals surface area contributed by atoms with Gasteiger partial charge in [0.05, 0.1) is 5.39 Å². The van der Waals surface area contributed by atoms with Crippen molar-refractivity contribution in [3.63, 3.8) is 0 Å². The van der Waals surface area contributed by atoms with Gasteiger partial charge < -0.3 is 19.7 Å². The zero-order chi connectivity index (χ0) is 16.7. The van der Waals surface area contributed by atoms with Crippen molar-refractivity contribution in [1.29, 1.82) is 0 Å². The maximum Gasteiger partial charge on any atom is 0.204 e. The minimum atomic E-state index is -0.385. The zero-order valence-electron chi connectivity index (χ0n) is 12.9. The van der Waals surface area contributed by atoms with Crippen LogP contribution in [0, 0.1) is 5.92 Å². The Bertz CT molecular complexity index is 941. The number of phenolic OH excluding ortho intramolecular Hbond substituents is 2. The molecule has 3 rings (SSSR count). The van der Waals surface area contributed by atoms with Crippen molar-refractivity contribution in [3.05, 3.63) is 46.1 Å². The van der Waals surface area contributed by atoms with Gasteiger partial charge in [-0.05, 0) is 30.0 Å². The fourth-order valence-corrected chi connectivity index (χ4v) is 2.78. The van der Waals surface area contributed by atoms with E-state index in [-0.39, 0.29) is 57.3 Å². The fourth-order valence-electron chi connectivity index (χ4n) is 2.78. The van der Waals surface area contributed by atoms with Crippen molar-refractivity contribution < 1.29 is 19.7 Å². The largest absolute Gasteiger partial charge is 0.507 e. The van der Waals surface area contributed by atoms with E-state index in [1.54, 1.807) is 24.3 Å². The smallest absolute Gasteiger partial charge is 0.204 e. The van der Waals surface area contributed by atoms with E-state index in [9.17, 15) is 20.1 Å². The second-order valence-corrected chi connectivity index (χ2v) is 5.91. The number of phenols is 2. The Labute approximate surface area is 132 Å². The Balaban J connectivity index is 2.35. The van der Waals surface area contributed by atoms with Crippen LogP contribution in [-0.2, 0) is 0 Å². The first-order valence-electron chi connectivity index (χ1n) is 7.47. The van der Waals surface area contributed by atoms with Crippen LogP contribution in [0.4, 0.5) is 0 Å². The Kier molecular flexibility index (Phi) is 3.74. The number of hydrogen-bond donors (Lipinski definition) is 3. The van der Waals surface area contributed by atoms with Crippen LogP contribution in [0.3, 0.4) is 0 Å². The second kappa shape index (κ2) is 5.59. The first-order valence-corrected chi connectivity index (χ1v) is 7.47. The third-order valence-electron chi connectivity index (χ3n) is 4.48. The van der Waals surface area contributed by atoms with Gasteiger partial charge >= 0.3 is 0 Å². The average molecular weight is 314 g/mol. The first kappa shape index (κ1) is 15.4. The number of benzene rings is 2. The van der Waals surface area contributed by atoms with Crippen LogP contribution >= 0.6 is 0 Å². The lowest BCUT2D eigenvalue weighted by atomic mass is 9.88. The summed E-state index contributed by atoms with van der Waals surface area (Å²) in [6.45, 7) is 3.77. The standard InChI is InChI=1S/C18H18O5/c1-9(8-19)10(2)11-6-7-12-16(21)15-13(20)4-3-5-14(15)23-18(12)17(11)22/h3-7,9-10,19-20,22H,8H2,1-2H3/t9-,10+/m1/s1. The quantitative estimate of drug-likeness (QED) is 0.646. The summed E-state index contributed by atoms with van der Waals surface area (Å²) in [7, 11) is 0. The van der Waals surface area contributed by atoms with Gasteiger partial charge in [0.15, 0.2) is 11.3 Å². The summed E-state index contributed by atoms with van der Waals surface area (Å²) in [6, 6.07) is 7.82. The van der Waals surface area contributed by atoms with Gasteiger partial charge in [0.25, 0.3) is 0 Å². The van der Waals surface area contributed by atoms with Crippen LogP contribution in [0.25, 0.3) is 21.9 Å².